The average Bonchev–Trinajstić information content (AvgIpc) is 2.37. The summed E-state index contributed by atoms with van der Waals surface area (Å²) in [6.45, 7) is 3.12. The molecule has 19 heavy (non-hydrogen) atoms. The van der Waals surface area contributed by atoms with E-state index in [-0.39, 0.29) is 35.5 Å². The maximum atomic E-state index is 13.9. The first-order valence-electron chi connectivity index (χ1n) is 5.79. The average molecular weight is 266 g/mol. The minimum absolute atomic E-state index is 0.0243. The summed E-state index contributed by atoms with van der Waals surface area (Å²) in [5, 5.41) is 9.47. The number of rotatable bonds is 5. The van der Waals surface area contributed by atoms with Crippen LogP contribution in [0.2, 0.25) is 0 Å². The predicted octanol–water partition coefficient (Wildman–Crippen LogP) is 2.58. The molecule has 0 saturated heterocycles. The SMILES string of the molecule is CCOC(=O)/C(Cc1cccc(C=O)c1F)=C(/C)O. The molecule has 1 aromatic carbocycles. The van der Waals surface area contributed by atoms with Gasteiger partial charge in [0.25, 0.3) is 0 Å². The van der Waals surface area contributed by atoms with E-state index < -0.39 is 11.8 Å². The molecule has 1 N–H and O–H groups in total. The standard InChI is InChI=1S/C14H15FO4/c1-3-19-14(18)12(9(2)17)7-10-5-4-6-11(8-16)13(10)15/h4-6,8,17H,3,7H2,1-2H3/b12-9-. The topological polar surface area (TPSA) is 63.6 Å². The van der Waals surface area contributed by atoms with Crippen LogP contribution in [0.3, 0.4) is 0 Å². The van der Waals surface area contributed by atoms with Crippen LogP contribution in [-0.2, 0) is 16.0 Å². The smallest absolute Gasteiger partial charge is 0.337 e. The van der Waals surface area contributed by atoms with E-state index in [2.05, 4.69) is 0 Å². The lowest BCUT2D eigenvalue weighted by atomic mass is 10.0. The van der Waals surface area contributed by atoms with Gasteiger partial charge in [-0.05, 0) is 25.5 Å². The van der Waals surface area contributed by atoms with Crippen LogP contribution in [0, 0.1) is 5.82 Å². The van der Waals surface area contributed by atoms with Gasteiger partial charge in [-0.3, -0.25) is 4.79 Å². The zero-order chi connectivity index (χ0) is 14.4. The number of carbonyl (C=O) groups is 2. The van der Waals surface area contributed by atoms with Gasteiger partial charge in [-0.1, -0.05) is 12.1 Å². The summed E-state index contributed by atoms with van der Waals surface area (Å²) in [6.07, 6.45) is 0.271. The summed E-state index contributed by atoms with van der Waals surface area (Å²) in [6, 6.07) is 4.30. The van der Waals surface area contributed by atoms with Crippen molar-refractivity contribution >= 4 is 12.3 Å². The highest BCUT2D eigenvalue weighted by molar-refractivity contribution is 5.89. The number of aliphatic hydroxyl groups excluding tert-OH is 1. The van der Waals surface area contributed by atoms with E-state index in [1.165, 1.54) is 25.1 Å². The summed E-state index contributed by atoms with van der Waals surface area (Å²) in [5.41, 5.74) is 0.0427. The predicted molar refractivity (Wildman–Crippen MR) is 67.5 cm³/mol. The Bertz CT molecular complexity index is 516. The normalized spacial score (nSPS) is 11.7. The van der Waals surface area contributed by atoms with Crippen molar-refractivity contribution < 1.29 is 23.8 Å². The number of esters is 1. The van der Waals surface area contributed by atoms with Crippen molar-refractivity contribution in [1.29, 1.82) is 0 Å². The number of ether oxygens (including phenoxy) is 1. The van der Waals surface area contributed by atoms with E-state index in [9.17, 15) is 19.1 Å². The van der Waals surface area contributed by atoms with Crippen LogP contribution in [0.1, 0.15) is 29.8 Å². The Kier molecular flexibility index (Phi) is 5.23. The first-order chi connectivity index (χ1) is 9.01. The number of aldehydes is 1. The largest absolute Gasteiger partial charge is 0.512 e. The fourth-order valence-corrected chi connectivity index (χ4v) is 1.58. The highest BCUT2D eigenvalue weighted by Gasteiger charge is 2.18. The van der Waals surface area contributed by atoms with Gasteiger partial charge in [0.15, 0.2) is 6.29 Å². The molecule has 0 bridgehead atoms. The Morgan fingerprint density at radius 3 is 2.68 bits per heavy atom. The third kappa shape index (κ3) is 3.64. The monoisotopic (exact) mass is 266 g/mol. The third-order valence-electron chi connectivity index (χ3n) is 2.56. The van der Waals surface area contributed by atoms with Crippen molar-refractivity contribution in [3.8, 4) is 0 Å². The molecule has 0 unspecified atom stereocenters. The van der Waals surface area contributed by atoms with Crippen LogP contribution in [0.5, 0.6) is 0 Å². The van der Waals surface area contributed by atoms with E-state index in [1.807, 2.05) is 0 Å². The zero-order valence-corrected chi connectivity index (χ0v) is 10.8. The molecule has 0 aliphatic carbocycles. The lowest BCUT2D eigenvalue weighted by Gasteiger charge is -2.09. The summed E-state index contributed by atoms with van der Waals surface area (Å²) < 4.78 is 18.6. The maximum Gasteiger partial charge on any atom is 0.337 e. The molecule has 0 heterocycles. The van der Waals surface area contributed by atoms with Crippen LogP contribution < -0.4 is 0 Å². The molecule has 5 heteroatoms. The molecule has 0 radical (unpaired) electrons. The lowest BCUT2D eigenvalue weighted by Crippen LogP contribution is -2.13. The Morgan fingerprint density at radius 2 is 2.16 bits per heavy atom. The van der Waals surface area contributed by atoms with Crippen molar-refractivity contribution in [3.05, 3.63) is 46.5 Å². The van der Waals surface area contributed by atoms with Crippen LogP contribution in [-0.4, -0.2) is 24.0 Å². The van der Waals surface area contributed by atoms with Crippen molar-refractivity contribution in [2.75, 3.05) is 6.61 Å². The first kappa shape index (κ1) is 14.9. The number of allylic oxidation sites excluding steroid dienone is 1. The molecule has 4 nitrogen and oxygen atoms in total. The van der Waals surface area contributed by atoms with Gasteiger partial charge >= 0.3 is 5.97 Å². The zero-order valence-electron chi connectivity index (χ0n) is 10.8. The van der Waals surface area contributed by atoms with Gasteiger partial charge in [-0.15, -0.1) is 0 Å². The number of hydrogen-bond acceptors (Lipinski definition) is 4. The number of benzene rings is 1. The molecule has 0 aliphatic heterocycles. The summed E-state index contributed by atoms with van der Waals surface area (Å²) >= 11 is 0. The summed E-state index contributed by atoms with van der Waals surface area (Å²) in [7, 11) is 0. The number of carbonyl (C=O) groups excluding carboxylic acids is 2. The quantitative estimate of drug-likeness (QED) is 0.385. The van der Waals surface area contributed by atoms with Crippen LogP contribution in [0.25, 0.3) is 0 Å². The van der Waals surface area contributed by atoms with Crippen molar-refractivity contribution in [2.45, 2.75) is 20.3 Å². The second kappa shape index (κ2) is 6.68. The molecular formula is C14H15FO4. The number of aliphatic hydroxyl groups is 1. The van der Waals surface area contributed by atoms with Gasteiger partial charge in [-0.2, -0.15) is 0 Å². The minimum Gasteiger partial charge on any atom is -0.512 e. The fourth-order valence-electron chi connectivity index (χ4n) is 1.58. The Labute approximate surface area is 110 Å². The van der Waals surface area contributed by atoms with E-state index >= 15 is 0 Å². The van der Waals surface area contributed by atoms with E-state index in [0.717, 1.165) is 0 Å². The van der Waals surface area contributed by atoms with Crippen molar-refractivity contribution in [2.24, 2.45) is 0 Å². The molecule has 0 amide bonds. The van der Waals surface area contributed by atoms with Gasteiger partial charge in [-0.25, -0.2) is 9.18 Å². The molecule has 0 saturated carbocycles. The fraction of sp³-hybridized carbons (Fsp3) is 0.286. The van der Waals surface area contributed by atoms with Gasteiger partial charge < -0.3 is 9.84 Å². The number of halogens is 1. The Hall–Kier alpha value is -2.17. The highest BCUT2D eigenvalue weighted by atomic mass is 19.1. The molecule has 1 rings (SSSR count). The van der Waals surface area contributed by atoms with Gasteiger partial charge in [0.2, 0.25) is 0 Å². The van der Waals surface area contributed by atoms with Gasteiger partial charge in [0.1, 0.15) is 5.82 Å². The minimum atomic E-state index is -0.696. The van der Waals surface area contributed by atoms with Crippen LogP contribution in [0.15, 0.2) is 29.5 Å². The van der Waals surface area contributed by atoms with Crippen molar-refractivity contribution in [3.63, 3.8) is 0 Å². The van der Waals surface area contributed by atoms with E-state index in [1.54, 1.807) is 6.92 Å². The molecular weight excluding hydrogens is 251 g/mol. The van der Waals surface area contributed by atoms with Crippen LogP contribution in [0.4, 0.5) is 4.39 Å². The van der Waals surface area contributed by atoms with Gasteiger partial charge in [0, 0.05) is 6.42 Å². The summed E-state index contributed by atoms with van der Waals surface area (Å²) in [5.74, 6) is -1.62. The van der Waals surface area contributed by atoms with E-state index in [4.69, 9.17) is 4.74 Å². The molecule has 0 fully saturated rings. The molecule has 0 aromatic heterocycles. The first-order valence-corrected chi connectivity index (χ1v) is 5.79. The molecule has 0 atom stereocenters. The second-order valence-corrected chi connectivity index (χ2v) is 3.90. The third-order valence-corrected chi connectivity index (χ3v) is 2.56. The Balaban J connectivity index is 3.09. The highest BCUT2D eigenvalue weighted by Crippen LogP contribution is 2.18. The molecule has 0 aliphatic rings. The molecule has 102 valence electrons. The van der Waals surface area contributed by atoms with Gasteiger partial charge in [0.05, 0.1) is 23.5 Å². The van der Waals surface area contributed by atoms with E-state index in [0.29, 0.717) is 6.29 Å². The molecule has 1 aromatic rings. The van der Waals surface area contributed by atoms with Crippen LogP contribution >= 0.6 is 0 Å². The summed E-state index contributed by atoms with van der Waals surface area (Å²) in [4.78, 5) is 22.3. The number of hydrogen-bond donors (Lipinski definition) is 1. The second-order valence-electron chi connectivity index (χ2n) is 3.90. The lowest BCUT2D eigenvalue weighted by molar-refractivity contribution is -0.138. The molecule has 0 spiro atoms. The maximum absolute atomic E-state index is 13.9. The Morgan fingerprint density at radius 1 is 1.47 bits per heavy atom. The van der Waals surface area contributed by atoms with Crippen molar-refractivity contribution in [1.82, 2.24) is 0 Å².